The van der Waals surface area contributed by atoms with Crippen LogP contribution < -0.4 is 0 Å². The molecule has 0 radical (unpaired) electrons. The van der Waals surface area contributed by atoms with Crippen molar-refractivity contribution in [1.29, 1.82) is 5.26 Å². The molecule has 1 saturated carbocycles. The third-order valence-corrected chi connectivity index (χ3v) is 4.37. The molecule has 0 aliphatic heterocycles. The molecule has 0 aromatic heterocycles. The van der Waals surface area contributed by atoms with Crippen LogP contribution in [-0.4, -0.2) is 12.1 Å². The monoisotopic (exact) mass is 345 g/mol. The number of hydrogen-bond acceptors (Lipinski definition) is 3. The van der Waals surface area contributed by atoms with E-state index in [0.717, 1.165) is 44.6 Å². The number of nitrogens with zero attached hydrogens (tertiary/aromatic N) is 1. The maximum Gasteiger partial charge on any atom is 0.338 e. The van der Waals surface area contributed by atoms with E-state index in [9.17, 15) is 13.6 Å². The van der Waals surface area contributed by atoms with Gasteiger partial charge in [0.1, 0.15) is 18.0 Å². The highest BCUT2D eigenvalue weighted by Gasteiger charge is 2.23. The Labute approximate surface area is 146 Å². The number of halogens is 2. The highest BCUT2D eigenvalue weighted by molar-refractivity contribution is 5.89. The van der Waals surface area contributed by atoms with Crippen LogP contribution in [0.1, 0.15) is 48.9 Å². The second kappa shape index (κ2) is 9.73. The Bertz CT molecular complexity index is 666. The molecule has 1 aliphatic carbocycles. The van der Waals surface area contributed by atoms with Gasteiger partial charge in [0.15, 0.2) is 5.83 Å². The first-order valence-corrected chi connectivity index (χ1v) is 8.47. The van der Waals surface area contributed by atoms with Gasteiger partial charge in [-0.05, 0) is 74.8 Å². The Morgan fingerprint density at radius 2 is 1.92 bits per heavy atom. The fraction of sp³-hybridized carbons (Fsp3) is 0.400. The van der Waals surface area contributed by atoms with Crippen molar-refractivity contribution in [3.05, 3.63) is 59.7 Å². The van der Waals surface area contributed by atoms with Crippen molar-refractivity contribution in [2.45, 2.75) is 44.6 Å². The molecule has 2 rings (SSSR count). The molecule has 0 atom stereocenters. The number of allylic oxidation sites excluding steroid dienone is 4. The predicted molar refractivity (Wildman–Crippen MR) is 90.7 cm³/mol. The van der Waals surface area contributed by atoms with Gasteiger partial charge in [-0.15, -0.1) is 0 Å². The number of benzene rings is 1. The van der Waals surface area contributed by atoms with Gasteiger partial charge in [-0.2, -0.15) is 9.65 Å². The van der Waals surface area contributed by atoms with Crippen LogP contribution in [0.25, 0.3) is 0 Å². The highest BCUT2D eigenvalue weighted by atomic mass is 19.1. The Morgan fingerprint density at radius 3 is 2.56 bits per heavy atom. The van der Waals surface area contributed by atoms with E-state index in [2.05, 4.69) is 0 Å². The van der Waals surface area contributed by atoms with Gasteiger partial charge in [0.2, 0.25) is 0 Å². The van der Waals surface area contributed by atoms with Crippen molar-refractivity contribution in [1.82, 2.24) is 0 Å². The molecule has 5 heteroatoms. The number of nitriles is 1. The second-order valence-corrected chi connectivity index (χ2v) is 6.19. The van der Waals surface area contributed by atoms with E-state index < -0.39 is 11.8 Å². The number of carbonyl (C=O) groups excluding carboxylic acids is 1. The molecule has 0 amide bonds. The van der Waals surface area contributed by atoms with Gasteiger partial charge in [0.25, 0.3) is 0 Å². The zero-order valence-electron chi connectivity index (χ0n) is 14.0. The first-order chi connectivity index (χ1) is 12.1. The van der Waals surface area contributed by atoms with Crippen LogP contribution in [0.4, 0.5) is 8.78 Å². The normalized spacial score (nSPS) is 21.1. The summed E-state index contributed by atoms with van der Waals surface area (Å²) >= 11 is 0. The fourth-order valence-electron chi connectivity index (χ4n) is 2.96. The van der Waals surface area contributed by atoms with Gasteiger partial charge in [-0.1, -0.05) is 12.2 Å². The summed E-state index contributed by atoms with van der Waals surface area (Å²) in [4.78, 5) is 12.0. The smallest absolute Gasteiger partial charge is 0.338 e. The largest absolute Gasteiger partial charge is 0.459 e. The van der Waals surface area contributed by atoms with Crippen molar-refractivity contribution in [3.63, 3.8) is 0 Å². The molecule has 0 N–H and O–H groups in total. The van der Waals surface area contributed by atoms with Crippen LogP contribution in [0, 0.1) is 23.1 Å². The molecule has 0 heterocycles. The number of carbonyl (C=O) groups is 1. The maximum absolute atomic E-state index is 12.9. The van der Waals surface area contributed by atoms with Gasteiger partial charge in [-0.25, -0.2) is 9.18 Å². The summed E-state index contributed by atoms with van der Waals surface area (Å²) in [5, 5.41) is 8.29. The van der Waals surface area contributed by atoms with Crippen LogP contribution in [0.2, 0.25) is 0 Å². The van der Waals surface area contributed by atoms with Gasteiger partial charge in [-0.3, -0.25) is 0 Å². The number of esters is 1. The minimum atomic E-state index is -0.792. The molecule has 0 spiro atoms. The number of rotatable bonds is 6. The average molecular weight is 345 g/mol. The highest BCUT2D eigenvalue weighted by Crippen LogP contribution is 2.30. The van der Waals surface area contributed by atoms with Crippen molar-refractivity contribution < 1.29 is 18.3 Å². The lowest BCUT2D eigenvalue weighted by Crippen LogP contribution is -2.24. The van der Waals surface area contributed by atoms with Crippen molar-refractivity contribution in [2.24, 2.45) is 5.92 Å². The fourth-order valence-corrected chi connectivity index (χ4v) is 2.96. The summed E-state index contributed by atoms with van der Waals surface area (Å²) in [5.41, 5.74) is 0.367. The first kappa shape index (κ1) is 18.9. The number of hydrogen-bond donors (Lipinski definition) is 0. The molecule has 132 valence electrons. The van der Waals surface area contributed by atoms with Crippen LogP contribution >= 0.6 is 0 Å². The van der Waals surface area contributed by atoms with Crippen LogP contribution in [0.3, 0.4) is 0 Å². The van der Waals surface area contributed by atoms with Gasteiger partial charge in [0.05, 0.1) is 5.56 Å². The molecular weight excluding hydrogens is 324 g/mol. The molecule has 25 heavy (non-hydrogen) atoms. The van der Waals surface area contributed by atoms with Gasteiger partial charge >= 0.3 is 5.97 Å². The Kier molecular flexibility index (Phi) is 7.34. The Morgan fingerprint density at radius 1 is 1.24 bits per heavy atom. The van der Waals surface area contributed by atoms with E-state index in [0.29, 0.717) is 11.5 Å². The first-order valence-electron chi connectivity index (χ1n) is 8.47. The minimum absolute atomic E-state index is 0.0861. The van der Waals surface area contributed by atoms with Crippen molar-refractivity contribution >= 4 is 5.97 Å². The summed E-state index contributed by atoms with van der Waals surface area (Å²) in [6, 6.07) is 6.78. The standard InChI is InChI=1S/C20H21F2NO2/c21-17-10-8-16(9-11-17)20(24)25-19-12-6-15(7-13-19)4-2-1-3-5-18(22)14-23/h1,3,5,8-11,15,19H,2,4,6-7,12-13H2. The minimum Gasteiger partial charge on any atom is -0.459 e. The van der Waals surface area contributed by atoms with Gasteiger partial charge < -0.3 is 4.74 Å². The van der Waals surface area contributed by atoms with E-state index in [1.165, 1.54) is 30.3 Å². The van der Waals surface area contributed by atoms with E-state index in [-0.39, 0.29) is 11.9 Å². The molecule has 0 bridgehead atoms. The summed E-state index contributed by atoms with van der Waals surface area (Å²) in [7, 11) is 0. The lowest BCUT2D eigenvalue weighted by molar-refractivity contribution is 0.0162. The lowest BCUT2D eigenvalue weighted by atomic mass is 9.84. The summed E-state index contributed by atoms with van der Waals surface area (Å²) in [6.45, 7) is 0. The zero-order chi connectivity index (χ0) is 18.1. The summed E-state index contributed by atoms with van der Waals surface area (Å²) < 4.78 is 31.0. The summed E-state index contributed by atoms with van der Waals surface area (Å²) in [5.74, 6) is -1.01. The van der Waals surface area contributed by atoms with Crippen molar-refractivity contribution in [2.75, 3.05) is 0 Å². The molecule has 0 unspecified atom stereocenters. The Hall–Kier alpha value is -2.48. The van der Waals surface area contributed by atoms with E-state index >= 15 is 0 Å². The molecule has 0 saturated heterocycles. The SMILES string of the molecule is N#CC(F)=CC=CCCC1CCC(OC(=O)c2ccc(F)cc2)CC1. The van der Waals surface area contributed by atoms with Crippen molar-refractivity contribution in [3.8, 4) is 6.07 Å². The molecule has 1 aromatic carbocycles. The second-order valence-electron chi connectivity index (χ2n) is 6.19. The maximum atomic E-state index is 12.9. The molecule has 3 nitrogen and oxygen atoms in total. The Balaban J connectivity index is 1.68. The van der Waals surface area contributed by atoms with E-state index in [1.54, 1.807) is 6.08 Å². The topological polar surface area (TPSA) is 50.1 Å². The number of ether oxygens (including phenoxy) is 1. The molecule has 1 aromatic rings. The molecular formula is C20H21F2NO2. The third kappa shape index (κ3) is 6.50. The average Bonchev–Trinajstić information content (AvgIpc) is 2.63. The third-order valence-electron chi connectivity index (χ3n) is 4.37. The predicted octanol–water partition coefficient (Wildman–Crippen LogP) is 5.25. The summed E-state index contributed by atoms with van der Waals surface area (Å²) in [6.07, 6.45) is 9.94. The lowest BCUT2D eigenvalue weighted by Gasteiger charge is -2.28. The quantitative estimate of drug-likeness (QED) is 0.402. The van der Waals surface area contributed by atoms with E-state index in [4.69, 9.17) is 10.00 Å². The van der Waals surface area contributed by atoms with Gasteiger partial charge in [0, 0.05) is 0 Å². The molecule has 1 fully saturated rings. The van der Waals surface area contributed by atoms with Crippen LogP contribution in [0.15, 0.2) is 48.3 Å². The van der Waals surface area contributed by atoms with Crippen LogP contribution in [-0.2, 0) is 4.74 Å². The molecule has 1 aliphatic rings. The zero-order valence-corrected chi connectivity index (χ0v) is 14.0. The van der Waals surface area contributed by atoms with Crippen LogP contribution in [0.5, 0.6) is 0 Å². The van der Waals surface area contributed by atoms with E-state index in [1.807, 2.05) is 6.08 Å².